The normalized spacial score (nSPS) is 9.82. The molecular weight excluding hydrogens is 270 g/mol. The van der Waals surface area contributed by atoms with E-state index >= 15 is 0 Å². The fourth-order valence-electron chi connectivity index (χ4n) is 2.17. The minimum absolute atomic E-state index is 0.0193. The van der Waals surface area contributed by atoms with Crippen LogP contribution in [0.1, 0.15) is 16.7 Å². The number of benzene rings is 2. The summed E-state index contributed by atoms with van der Waals surface area (Å²) in [4.78, 5) is 12.0. The monoisotopic (exact) mass is 285 g/mol. The highest BCUT2D eigenvalue weighted by Gasteiger charge is 1.98. The molecule has 0 amide bonds. The van der Waals surface area contributed by atoms with Crippen LogP contribution in [0, 0.1) is 11.8 Å². The Morgan fingerprint density at radius 3 is 2.09 bits per heavy atom. The van der Waals surface area contributed by atoms with Gasteiger partial charge in [-0.15, -0.1) is 0 Å². The molecule has 0 aliphatic rings. The molecule has 0 spiro atoms. The molecule has 0 saturated heterocycles. The second-order valence-electron chi connectivity index (χ2n) is 4.99. The minimum atomic E-state index is -0.0193. The summed E-state index contributed by atoms with van der Waals surface area (Å²) in [7, 11) is 0. The molecule has 106 valence electrons. The zero-order valence-electron chi connectivity index (χ0n) is 12.1. The largest absolute Gasteiger partial charge is 0.310 e. The maximum atomic E-state index is 12.0. The minimum Gasteiger partial charge on any atom is -0.310 e. The Balaban J connectivity index is 1.87. The predicted octanol–water partition coefficient (Wildman–Crippen LogP) is 3.30. The molecule has 1 aromatic heterocycles. The van der Waals surface area contributed by atoms with Crippen molar-refractivity contribution in [3.63, 3.8) is 0 Å². The molecule has 2 aromatic carbocycles. The molecule has 2 nitrogen and oxygen atoms in total. The molecule has 0 atom stereocenters. The van der Waals surface area contributed by atoms with Gasteiger partial charge in [0.05, 0.1) is 6.54 Å². The van der Waals surface area contributed by atoms with Crippen LogP contribution >= 0.6 is 0 Å². The van der Waals surface area contributed by atoms with Crippen LogP contribution in [0.3, 0.4) is 0 Å². The third-order valence-corrected chi connectivity index (χ3v) is 3.30. The van der Waals surface area contributed by atoms with E-state index in [1.54, 1.807) is 16.7 Å². The third-order valence-electron chi connectivity index (χ3n) is 3.30. The summed E-state index contributed by atoms with van der Waals surface area (Å²) in [6, 6.07) is 23.1. The first-order chi connectivity index (χ1) is 10.8. The van der Waals surface area contributed by atoms with Crippen molar-refractivity contribution in [2.24, 2.45) is 0 Å². The third kappa shape index (κ3) is 3.53. The summed E-state index contributed by atoms with van der Waals surface area (Å²) in [6.07, 6.45) is 1.81. The smallest absolute Gasteiger partial charge is 0.250 e. The highest BCUT2D eigenvalue weighted by molar-refractivity contribution is 5.41. The first kappa shape index (κ1) is 13.9. The molecule has 0 aliphatic heterocycles. The van der Waals surface area contributed by atoms with Crippen LogP contribution in [0.15, 0.2) is 83.8 Å². The SMILES string of the molecule is O=c1ccc(C#Cc2ccccc2)cn1Cc1ccccc1. The van der Waals surface area contributed by atoms with Crippen molar-refractivity contribution < 1.29 is 0 Å². The van der Waals surface area contributed by atoms with Crippen LogP contribution in [0.4, 0.5) is 0 Å². The van der Waals surface area contributed by atoms with E-state index in [9.17, 15) is 4.79 Å². The second kappa shape index (κ2) is 6.60. The van der Waals surface area contributed by atoms with Crippen LogP contribution < -0.4 is 5.56 Å². The van der Waals surface area contributed by atoms with Gasteiger partial charge in [0.1, 0.15) is 0 Å². The molecule has 22 heavy (non-hydrogen) atoms. The van der Waals surface area contributed by atoms with Gasteiger partial charge in [0.25, 0.3) is 5.56 Å². The van der Waals surface area contributed by atoms with E-state index in [1.807, 2.05) is 66.9 Å². The number of nitrogens with zero attached hydrogens (tertiary/aromatic N) is 1. The molecule has 2 heteroatoms. The van der Waals surface area contributed by atoms with Gasteiger partial charge in [0.2, 0.25) is 0 Å². The van der Waals surface area contributed by atoms with Crippen molar-refractivity contribution in [1.82, 2.24) is 4.57 Å². The molecule has 0 aliphatic carbocycles. The van der Waals surface area contributed by atoms with Crippen LogP contribution in [0.2, 0.25) is 0 Å². The molecule has 0 N–H and O–H groups in total. The van der Waals surface area contributed by atoms with E-state index in [0.29, 0.717) is 6.54 Å². The van der Waals surface area contributed by atoms with E-state index in [0.717, 1.165) is 16.7 Å². The van der Waals surface area contributed by atoms with Gasteiger partial charge in [-0.1, -0.05) is 60.4 Å². The van der Waals surface area contributed by atoms with Crippen molar-refractivity contribution in [1.29, 1.82) is 0 Å². The molecule has 3 rings (SSSR count). The first-order valence-corrected chi connectivity index (χ1v) is 7.13. The van der Waals surface area contributed by atoms with Crippen LogP contribution in [-0.4, -0.2) is 4.57 Å². The lowest BCUT2D eigenvalue weighted by molar-refractivity contribution is 0.758. The second-order valence-corrected chi connectivity index (χ2v) is 4.99. The average Bonchev–Trinajstić information content (AvgIpc) is 2.57. The van der Waals surface area contributed by atoms with Crippen molar-refractivity contribution in [3.8, 4) is 11.8 Å². The number of rotatable bonds is 2. The van der Waals surface area contributed by atoms with Gasteiger partial charge in [0, 0.05) is 23.4 Å². The molecule has 1 heterocycles. The molecule has 0 fully saturated rings. The molecule has 0 unspecified atom stereocenters. The van der Waals surface area contributed by atoms with Crippen LogP contribution in [0.25, 0.3) is 0 Å². The number of pyridine rings is 1. The Kier molecular flexibility index (Phi) is 4.17. The topological polar surface area (TPSA) is 22.0 Å². The quantitative estimate of drug-likeness (QED) is 0.662. The predicted molar refractivity (Wildman–Crippen MR) is 88.7 cm³/mol. The Morgan fingerprint density at radius 1 is 0.727 bits per heavy atom. The molecule has 3 aromatic rings. The Hall–Kier alpha value is -3.05. The summed E-state index contributed by atoms with van der Waals surface area (Å²) in [5.41, 5.74) is 2.87. The van der Waals surface area contributed by atoms with Gasteiger partial charge in [-0.05, 0) is 23.8 Å². The van der Waals surface area contributed by atoms with Gasteiger partial charge in [-0.3, -0.25) is 4.79 Å². The van der Waals surface area contributed by atoms with Crippen LogP contribution in [0.5, 0.6) is 0 Å². The number of hydrogen-bond donors (Lipinski definition) is 0. The zero-order chi connectivity index (χ0) is 15.2. The summed E-state index contributed by atoms with van der Waals surface area (Å²) in [5, 5.41) is 0. The van der Waals surface area contributed by atoms with E-state index in [2.05, 4.69) is 11.8 Å². The lowest BCUT2D eigenvalue weighted by Crippen LogP contribution is -2.19. The standard InChI is InChI=1S/C20H15NO/c22-20-14-13-19(12-11-17-7-3-1-4-8-17)16-21(20)15-18-9-5-2-6-10-18/h1-10,13-14,16H,15H2. The highest BCUT2D eigenvalue weighted by atomic mass is 16.1. The van der Waals surface area contributed by atoms with Gasteiger partial charge < -0.3 is 4.57 Å². The zero-order valence-corrected chi connectivity index (χ0v) is 12.1. The maximum absolute atomic E-state index is 12.0. The van der Waals surface area contributed by atoms with E-state index in [1.165, 1.54) is 0 Å². The number of aromatic nitrogens is 1. The van der Waals surface area contributed by atoms with Crippen molar-refractivity contribution in [2.75, 3.05) is 0 Å². The Morgan fingerprint density at radius 2 is 1.36 bits per heavy atom. The molecule has 0 bridgehead atoms. The van der Waals surface area contributed by atoms with Crippen molar-refractivity contribution >= 4 is 0 Å². The molecular formula is C20H15NO. The maximum Gasteiger partial charge on any atom is 0.250 e. The van der Waals surface area contributed by atoms with Gasteiger partial charge in [0.15, 0.2) is 0 Å². The summed E-state index contributed by atoms with van der Waals surface area (Å²) < 4.78 is 1.68. The Labute approximate surface area is 129 Å². The average molecular weight is 285 g/mol. The van der Waals surface area contributed by atoms with Gasteiger partial charge >= 0.3 is 0 Å². The van der Waals surface area contributed by atoms with E-state index < -0.39 is 0 Å². The van der Waals surface area contributed by atoms with Crippen LogP contribution in [-0.2, 0) is 6.54 Å². The fourth-order valence-corrected chi connectivity index (χ4v) is 2.17. The van der Waals surface area contributed by atoms with Crippen molar-refractivity contribution in [2.45, 2.75) is 6.54 Å². The van der Waals surface area contributed by atoms with Gasteiger partial charge in [-0.2, -0.15) is 0 Å². The van der Waals surface area contributed by atoms with E-state index in [4.69, 9.17) is 0 Å². The summed E-state index contributed by atoms with van der Waals surface area (Å²) in [6.45, 7) is 0.556. The highest BCUT2D eigenvalue weighted by Crippen LogP contribution is 2.02. The lowest BCUT2D eigenvalue weighted by atomic mass is 10.2. The first-order valence-electron chi connectivity index (χ1n) is 7.13. The van der Waals surface area contributed by atoms with E-state index in [-0.39, 0.29) is 5.56 Å². The summed E-state index contributed by atoms with van der Waals surface area (Å²) >= 11 is 0. The van der Waals surface area contributed by atoms with Crippen molar-refractivity contribution in [3.05, 3.63) is 106 Å². The number of hydrogen-bond acceptors (Lipinski definition) is 1. The molecule has 0 radical (unpaired) electrons. The lowest BCUT2D eigenvalue weighted by Gasteiger charge is -2.05. The molecule has 0 saturated carbocycles. The Bertz CT molecular complexity index is 868. The van der Waals surface area contributed by atoms with Gasteiger partial charge in [-0.25, -0.2) is 0 Å². The summed E-state index contributed by atoms with van der Waals surface area (Å²) in [5.74, 6) is 6.21. The fraction of sp³-hybridized carbons (Fsp3) is 0.0500.